The molecule has 0 N–H and O–H groups in total. The van der Waals surface area contributed by atoms with E-state index in [0.29, 0.717) is 0 Å². The number of carbonyl (C=O) groups is 1. The third kappa shape index (κ3) is 6.41. The molecule has 0 fully saturated rings. The molecular formula is C2HF2IO2S. The molecule has 0 bridgehead atoms. The average Bonchev–Trinajstić information content (AvgIpc) is 1.61. The lowest BCUT2D eigenvalue weighted by atomic mass is 11.7. The summed E-state index contributed by atoms with van der Waals surface area (Å²) in [6.45, 7) is 0. The van der Waals surface area contributed by atoms with Crippen molar-refractivity contribution in [1.29, 1.82) is 0 Å². The Bertz CT molecular complexity index is 88.1. The second-order valence-corrected chi connectivity index (χ2v) is 2.27. The molecule has 0 spiro atoms. The van der Waals surface area contributed by atoms with Gasteiger partial charge in [0.15, 0.2) is 0 Å². The third-order valence-corrected chi connectivity index (χ3v) is 1.10. The van der Waals surface area contributed by atoms with E-state index in [-0.39, 0.29) is 12.0 Å². The first kappa shape index (κ1) is 8.41. The van der Waals surface area contributed by atoms with Gasteiger partial charge >= 0.3 is 9.73 Å². The Morgan fingerprint density at radius 1 is 1.75 bits per heavy atom. The quantitative estimate of drug-likeness (QED) is 0.430. The Morgan fingerprint density at radius 3 is 2.38 bits per heavy atom. The van der Waals surface area contributed by atoms with Crippen LogP contribution in [-0.4, -0.2) is 9.73 Å². The zero-order valence-electron chi connectivity index (χ0n) is 3.44. The Labute approximate surface area is 62.3 Å². The molecule has 0 aliphatic rings. The minimum Gasteiger partial charge on any atom is -0.378 e. The van der Waals surface area contributed by atoms with Crippen molar-refractivity contribution in [2.45, 2.75) is 5.76 Å². The number of rotatable bonds is 2. The van der Waals surface area contributed by atoms with E-state index in [1.807, 2.05) is 0 Å². The van der Waals surface area contributed by atoms with Gasteiger partial charge < -0.3 is 4.18 Å². The molecule has 0 heterocycles. The zero-order valence-corrected chi connectivity index (χ0v) is 6.41. The Kier molecular flexibility index (Phi) is 4.53. The van der Waals surface area contributed by atoms with Crippen LogP contribution in [0.25, 0.3) is 0 Å². The molecule has 2 nitrogen and oxygen atoms in total. The normalized spacial score (nSPS) is 9.50. The predicted octanol–water partition coefficient (Wildman–Crippen LogP) is 2.43. The van der Waals surface area contributed by atoms with Gasteiger partial charge in [0, 0.05) is 0 Å². The molecule has 0 aliphatic carbocycles. The molecule has 48 valence electrons. The lowest BCUT2D eigenvalue weighted by Gasteiger charge is -1.92. The minimum absolute atomic E-state index is 0.151. The number of alkyl halides is 2. The maximum Gasteiger partial charge on any atom is 0.379 e. The maximum atomic E-state index is 11.1. The summed E-state index contributed by atoms with van der Waals surface area (Å²) < 4.78 is 25.2. The highest BCUT2D eigenvalue weighted by Gasteiger charge is 2.05. The summed E-state index contributed by atoms with van der Waals surface area (Å²) in [6.07, 6.45) is 0. The van der Waals surface area contributed by atoms with E-state index in [9.17, 15) is 13.6 Å². The lowest BCUT2D eigenvalue weighted by Crippen LogP contribution is -1.86. The zero-order chi connectivity index (χ0) is 6.57. The molecule has 0 aromatic rings. The maximum absolute atomic E-state index is 11.1. The van der Waals surface area contributed by atoms with Crippen molar-refractivity contribution in [3.63, 3.8) is 0 Å². The fourth-order valence-corrected chi connectivity index (χ4v) is 0.534. The van der Waals surface area contributed by atoms with Gasteiger partial charge in [0.1, 0.15) is 12.0 Å². The Balaban J connectivity index is 3.05. The molecule has 0 radical (unpaired) electrons. The first-order chi connectivity index (χ1) is 3.63. The van der Waals surface area contributed by atoms with E-state index in [0.717, 1.165) is 0 Å². The van der Waals surface area contributed by atoms with Gasteiger partial charge in [-0.05, 0) is 0 Å². The number of hydrogen-bond donors (Lipinski definition) is 0. The smallest absolute Gasteiger partial charge is 0.378 e. The lowest BCUT2D eigenvalue weighted by molar-refractivity contribution is 0.221. The second-order valence-electron chi connectivity index (χ2n) is 0.678. The van der Waals surface area contributed by atoms with Crippen LogP contribution in [0.5, 0.6) is 0 Å². The van der Waals surface area contributed by atoms with Gasteiger partial charge in [-0.3, -0.25) is 0 Å². The van der Waals surface area contributed by atoms with Crippen molar-refractivity contribution < 1.29 is 17.8 Å². The molecular weight excluding hydrogens is 253 g/mol. The van der Waals surface area contributed by atoms with Gasteiger partial charge in [-0.15, -0.1) is 0 Å². The van der Waals surface area contributed by atoms with E-state index in [1.54, 1.807) is 0 Å². The minimum atomic E-state index is -2.64. The first-order valence-corrected chi connectivity index (χ1v) is 3.32. The molecule has 6 heteroatoms. The van der Waals surface area contributed by atoms with Crippen LogP contribution in [0.3, 0.4) is 0 Å². The monoisotopic (exact) mass is 254 g/mol. The number of halogens is 3. The SMILES string of the molecule is O=C(I)OSC(F)F. The third-order valence-electron chi connectivity index (χ3n) is 0.186. The molecule has 0 rings (SSSR count). The Morgan fingerprint density at radius 2 is 2.25 bits per heavy atom. The van der Waals surface area contributed by atoms with E-state index in [1.165, 1.54) is 22.6 Å². The van der Waals surface area contributed by atoms with Gasteiger partial charge in [0.05, 0.1) is 22.6 Å². The molecule has 8 heavy (non-hydrogen) atoms. The molecule has 0 saturated heterocycles. The van der Waals surface area contributed by atoms with E-state index in [2.05, 4.69) is 4.18 Å². The number of hydrogen-bond acceptors (Lipinski definition) is 3. The van der Waals surface area contributed by atoms with E-state index < -0.39 is 9.73 Å². The summed E-state index contributed by atoms with van der Waals surface area (Å²) in [5, 5.41) is 0. The van der Waals surface area contributed by atoms with Gasteiger partial charge in [-0.25, -0.2) is 4.79 Å². The van der Waals surface area contributed by atoms with Gasteiger partial charge in [0.25, 0.3) is 0 Å². The van der Waals surface area contributed by atoms with Crippen molar-refractivity contribution in [3.05, 3.63) is 0 Å². The van der Waals surface area contributed by atoms with Crippen LogP contribution in [0.2, 0.25) is 0 Å². The largest absolute Gasteiger partial charge is 0.379 e. The van der Waals surface area contributed by atoms with Crippen LogP contribution in [0.1, 0.15) is 0 Å². The van der Waals surface area contributed by atoms with Crippen LogP contribution in [-0.2, 0) is 4.18 Å². The number of carbonyl (C=O) groups excluding carboxylic acids is 1. The fourth-order valence-electron chi connectivity index (χ4n) is 0.0742. The molecule has 0 saturated carbocycles. The highest BCUT2D eigenvalue weighted by molar-refractivity contribution is 14.1. The van der Waals surface area contributed by atoms with Crippen molar-refractivity contribution in [3.8, 4) is 0 Å². The molecule has 0 amide bonds. The molecule has 0 aliphatic heterocycles. The van der Waals surface area contributed by atoms with Crippen LogP contribution in [0.4, 0.5) is 13.6 Å². The topological polar surface area (TPSA) is 26.3 Å². The fraction of sp³-hybridized carbons (Fsp3) is 0.500. The van der Waals surface area contributed by atoms with Crippen LogP contribution < -0.4 is 0 Å². The highest BCUT2D eigenvalue weighted by atomic mass is 127. The first-order valence-electron chi connectivity index (χ1n) is 1.44. The summed E-state index contributed by atoms with van der Waals surface area (Å²) >= 11 is 1.11. The van der Waals surface area contributed by atoms with Crippen molar-refractivity contribution in [2.24, 2.45) is 0 Å². The van der Waals surface area contributed by atoms with Crippen LogP contribution in [0, 0.1) is 0 Å². The van der Waals surface area contributed by atoms with Crippen LogP contribution >= 0.6 is 34.6 Å². The van der Waals surface area contributed by atoms with Gasteiger partial charge in [-0.1, -0.05) is 0 Å². The summed E-state index contributed by atoms with van der Waals surface area (Å²) in [6, 6.07) is 0. The van der Waals surface area contributed by atoms with Crippen molar-refractivity contribution in [2.75, 3.05) is 0 Å². The summed E-state index contributed by atoms with van der Waals surface area (Å²) in [5.74, 6) is -2.64. The summed E-state index contributed by atoms with van der Waals surface area (Å²) in [4.78, 5) is 9.76. The van der Waals surface area contributed by atoms with Crippen LogP contribution in [0.15, 0.2) is 0 Å². The van der Waals surface area contributed by atoms with Crippen molar-refractivity contribution in [1.82, 2.24) is 0 Å². The standard InChI is InChI=1S/C2HF2IO2S/c3-1(4)8-7-2(5)6/h1H. The van der Waals surface area contributed by atoms with Gasteiger partial charge in [-0.2, -0.15) is 8.78 Å². The summed E-state index contributed by atoms with van der Waals surface area (Å²) in [7, 11) is 0. The average molecular weight is 254 g/mol. The summed E-state index contributed by atoms with van der Waals surface area (Å²) in [5.41, 5.74) is 0. The second kappa shape index (κ2) is 4.30. The molecule has 0 atom stereocenters. The predicted molar refractivity (Wildman–Crippen MR) is 34.1 cm³/mol. The van der Waals surface area contributed by atoms with Gasteiger partial charge in [0.2, 0.25) is 0 Å². The van der Waals surface area contributed by atoms with Crippen molar-refractivity contribution >= 4 is 38.6 Å². The Hall–Kier alpha value is 0.410. The van der Waals surface area contributed by atoms with E-state index >= 15 is 0 Å². The molecule has 0 aromatic heterocycles. The molecule has 0 aromatic carbocycles. The highest BCUT2D eigenvalue weighted by Crippen LogP contribution is 2.16. The van der Waals surface area contributed by atoms with E-state index in [4.69, 9.17) is 0 Å². The molecule has 0 unspecified atom stereocenters.